The van der Waals surface area contributed by atoms with E-state index in [1.807, 2.05) is 0 Å². The molecule has 0 radical (unpaired) electrons. The van der Waals surface area contributed by atoms with Crippen LogP contribution in [-0.2, 0) is 24.2 Å². The van der Waals surface area contributed by atoms with Gasteiger partial charge in [-0.15, -0.1) is 0 Å². The first kappa shape index (κ1) is 13.4. The van der Waals surface area contributed by atoms with Gasteiger partial charge in [-0.3, -0.25) is 4.79 Å². The van der Waals surface area contributed by atoms with E-state index in [1.54, 1.807) is 6.92 Å². The molecule has 0 saturated carbocycles. The second-order valence-electron chi connectivity index (χ2n) is 2.96. The highest BCUT2D eigenvalue weighted by Gasteiger charge is 2.16. The molecule has 0 aromatic rings. The molecule has 0 aromatic carbocycles. The molecule has 0 N–H and O–H groups in total. The zero-order chi connectivity index (χ0) is 12.0. The minimum absolute atomic E-state index is 0.159. The zero-order valence-electron chi connectivity index (χ0n) is 9.25. The fourth-order valence-electron chi connectivity index (χ4n) is 1.06. The summed E-state index contributed by atoms with van der Waals surface area (Å²) in [4.78, 5) is 41.0. The molecule has 0 spiro atoms. The van der Waals surface area contributed by atoms with Crippen LogP contribution < -0.4 is 0 Å². The predicted octanol–water partition coefficient (Wildman–Crippen LogP) is 1.32. The number of ketones is 1. The van der Waals surface area contributed by atoms with Gasteiger partial charge in [-0.1, -0.05) is 6.92 Å². The molecule has 0 fully saturated rings. The van der Waals surface area contributed by atoms with Crippen molar-refractivity contribution in [2.24, 2.45) is 0 Å². The lowest BCUT2D eigenvalue weighted by Crippen LogP contribution is -2.13. The average molecular weight is 214 g/mol. The molecule has 0 aliphatic heterocycles. The van der Waals surface area contributed by atoms with Crippen LogP contribution in [0.4, 0.5) is 0 Å². The van der Waals surface area contributed by atoms with Gasteiger partial charge in [-0.25, -0.2) is 19.4 Å². The predicted molar refractivity (Wildman–Crippen MR) is 51.5 cm³/mol. The van der Waals surface area contributed by atoms with Crippen molar-refractivity contribution in [2.75, 3.05) is 0 Å². The molecule has 5 heteroatoms. The summed E-state index contributed by atoms with van der Waals surface area (Å²) in [6.07, 6.45) is 0.427. The average Bonchev–Trinajstić information content (AvgIpc) is 2.14. The summed E-state index contributed by atoms with van der Waals surface area (Å²) in [7, 11) is 0. The highest BCUT2D eigenvalue weighted by molar-refractivity contribution is 6.02. The molecule has 15 heavy (non-hydrogen) atoms. The van der Waals surface area contributed by atoms with Crippen molar-refractivity contribution < 1.29 is 24.2 Å². The van der Waals surface area contributed by atoms with Crippen molar-refractivity contribution in [3.05, 3.63) is 11.1 Å². The van der Waals surface area contributed by atoms with Crippen LogP contribution >= 0.6 is 0 Å². The largest absolute Gasteiger partial charge is 0.382 e. The van der Waals surface area contributed by atoms with E-state index < -0.39 is 11.9 Å². The Kier molecular flexibility index (Phi) is 5.30. The molecule has 0 rings (SSSR count). The van der Waals surface area contributed by atoms with Crippen LogP contribution in [-0.4, -0.2) is 17.7 Å². The molecule has 0 unspecified atom stereocenters. The van der Waals surface area contributed by atoms with E-state index in [1.165, 1.54) is 13.8 Å². The number of Topliss-reactive ketones (excluding diaryl/α,β-unsaturated/α-hetero) is 1. The first-order chi connectivity index (χ1) is 6.90. The van der Waals surface area contributed by atoms with Gasteiger partial charge < -0.3 is 0 Å². The molecular weight excluding hydrogens is 200 g/mol. The summed E-state index contributed by atoms with van der Waals surface area (Å²) in [5, 5.41) is 0. The van der Waals surface area contributed by atoms with E-state index >= 15 is 0 Å². The van der Waals surface area contributed by atoms with Crippen LogP contribution in [0, 0.1) is 0 Å². The summed E-state index contributed by atoms with van der Waals surface area (Å²) in [5.41, 5.74) is 0.526. The Hall–Kier alpha value is -1.65. The van der Waals surface area contributed by atoms with Gasteiger partial charge in [0.05, 0.1) is 0 Å². The van der Waals surface area contributed by atoms with Crippen molar-refractivity contribution in [1.29, 1.82) is 0 Å². The van der Waals surface area contributed by atoms with Crippen LogP contribution in [0.1, 0.15) is 34.1 Å². The van der Waals surface area contributed by atoms with Gasteiger partial charge in [-0.2, -0.15) is 0 Å². The van der Waals surface area contributed by atoms with E-state index in [0.29, 0.717) is 12.0 Å². The Bertz CT molecular complexity index is 314. The monoisotopic (exact) mass is 214 g/mol. The van der Waals surface area contributed by atoms with Crippen LogP contribution in [0.15, 0.2) is 11.1 Å². The van der Waals surface area contributed by atoms with E-state index in [0.717, 1.165) is 6.92 Å². The number of carbonyl (C=O) groups is 3. The lowest BCUT2D eigenvalue weighted by molar-refractivity contribution is -0.253. The van der Waals surface area contributed by atoms with Crippen molar-refractivity contribution in [3.8, 4) is 0 Å². The summed E-state index contributed by atoms with van der Waals surface area (Å²) in [6.45, 7) is 5.67. The lowest BCUT2D eigenvalue weighted by atomic mass is 10.0. The quantitative estimate of drug-likeness (QED) is 0.402. The number of rotatable bonds is 3. The summed E-state index contributed by atoms with van der Waals surface area (Å²) in [6, 6.07) is 0. The van der Waals surface area contributed by atoms with Crippen LogP contribution in [0.3, 0.4) is 0 Å². The van der Waals surface area contributed by atoms with Crippen LogP contribution in [0.25, 0.3) is 0 Å². The Balaban J connectivity index is 4.66. The number of allylic oxidation sites excluding steroid dienone is 1. The van der Waals surface area contributed by atoms with Crippen molar-refractivity contribution in [2.45, 2.75) is 34.1 Å². The highest BCUT2D eigenvalue weighted by Crippen LogP contribution is 2.11. The Morgan fingerprint density at radius 3 is 1.87 bits per heavy atom. The molecule has 0 aliphatic carbocycles. The fourth-order valence-corrected chi connectivity index (χ4v) is 1.06. The zero-order valence-corrected chi connectivity index (χ0v) is 9.25. The van der Waals surface area contributed by atoms with Gasteiger partial charge in [0, 0.05) is 18.1 Å². The smallest absolute Gasteiger partial charge is 0.295 e. The maximum atomic E-state index is 11.2. The highest BCUT2D eigenvalue weighted by atomic mass is 17.2. The number of carbonyl (C=O) groups excluding carboxylic acids is 3. The number of hydrogen-bond acceptors (Lipinski definition) is 5. The third kappa shape index (κ3) is 4.39. The third-order valence-electron chi connectivity index (χ3n) is 1.77. The minimum atomic E-state index is -0.822. The minimum Gasteiger partial charge on any atom is -0.295 e. The van der Waals surface area contributed by atoms with Gasteiger partial charge in [0.25, 0.3) is 0 Å². The lowest BCUT2D eigenvalue weighted by Gasteiger charge is -2.05. The van der Waals surface area contributed by atoms with Gasteiger partial charge >= 0.3 is 11.9 Å². The third-order valence-corrected chi connectivity index (χ3v) is 1.77. The molecule has 0 atom stereocenters. The maximum Gasteiger partial charge on any atom is 0.382 e. The second-order valence-corrected chi connectivity index (χ2v) is 2.96. The molecule has 0 heterocycles. The van der Waals surface area contributed by atoms with Crippen molar-refractivity contribution >= 4 is 17.7 Å². The van der Waals surface area contributed by atoms with Gasteiger partial charge in [0.15, 0.2) is 5.78 Å². The molecule has 0 bridgehead atoms. The molecule has 0 aromatic heterocycles. The fraction of sp³-hybridized carbons (Fsp3) is 0.500. The van der Waals surface area contributed by atoms with Gasteiger partial charge in [-0.05, 0) is 20.3 Å². The van der Waals surface area contributed by atoms with Crippen molar-refractivity contribution in [3.63, 3.8) is 0 Å². The van der Waals surface area contributed by atoms with Crippen LogP contribution in [0.5, 0.6) is 0 Å². The number of hydrogen-bond donors (Lipinski definition) is 0. The Morgan fingerprint density at radius 2 is 1.53 bits per heavy atom. The first-order valence-electron chi connectivity index (χ1n) is 4.50. The Labute approximate surface area is 88.0 Å². The SMILES string of the molecule is CCC(C(C)=O)=C(C)C(=O)OOC(C)=O. The Morgan fingerprint density at radius 1 is 1.00 bits per heavy atom. The molecule has 0 aliphatic rings. The summed E-state index contributed by atoms with van der Waals surface area (Å²) in [5.74, 6) is -1.75. The standard InChI is InChI=1S/C10H14O5/c1-5-9(7(3)11)6(2)10(13)15-14-8(4)12/h5H2,1-4H3. The first-order valence-corrected chi connectivity index (χ1v) is 4.50. The maximum absolute atomic E-state index is 11.2. The molecule has 0 saturated heterocycles. The van der Waals surface area contributed by atoms with E-state index in [4.69, 9.17) is 0 Å². The second kappa shape index (κ2) is 5.95. The molecule has 0 amide bonds. The topological polar surface area (TPSA) is 69.7 Å². The summed E-state index contributed by atoms with van der Waals surface area (Å²) < 4.78 is 0. The van der Waals surface area contributed by atoms with Crippen LogP contribution in [0.2, 0.25) is 0 Å². The van der Waals surface area contributed by atoms with E-state index in [9.17, 15) is 14.4 Å². The molecular formula is C10H14O5. The normalized spacial score (nSPS) is 11.5. The van der Waals surface area contributed by atoms with Gasteiger partial charge in [0.1, 0.15) is 0 Å². The molecule has 5 nitrogen and oxygen atoms in total. The summed E-state index contributed by atoms with van der Waals surface area (Å²) >= 11 is 0. The molecule has 84 valence electrons. The van der Waals surface area contributed by atoms with E-state index in [-0.39, 0.29) is 11.4 Å². The van der Waals surface area contributed by atoms with Crippen molar-refractivity contribution in [1.82, 2.24) is 0 Å². The van der Waals surface area contributed by atoms with Gasteiger partial charge in [0.2, 0.25) is 0 Å². The van der Waals surface area contributed by atoms with E-state index in [2.05, 4.69) is 9.78 Å².